The summed E-state index contributed by atoms with van der Waals surface area (Å²) in [4.78, 5) is 19.4. The second-order valence-electron chi connectivity index (χ2n) is 8.13. The Morgan fingerprint density at radius 2 is 1.71 bits per heavy atom. The van der Waals surface area contributed by atoms with Crippen molar-refractivity contribution in [3.63, 3.8) is 0 Å². The van der Waals surface area contributed by atoms with Gasteiger partial charge in [-0.2, -0.15) is 0 Å². The summed E-state index contributed by atoms with van der Waals surface area (Å²) in [7, 11) is 1.67. The number of ether oxygens (including phenoxy) is 1. The summed E-state index contributed by atoms with van der Waals surface area (Å²) in [6, 6.07) is 26.4. The van der Waals surface area contributed by atoms with Crippen LogP contribution >= 0.6 is 11.8 Å². The average molecular weight is 484 g/mol. The minimum absolute atomic E-state index is 0.0850. The molecule has 6 heteroatoms. The molecule has 1 heterocycles. The van der Waals surface area contributed by atoms with E-state index in [9.17, 15) is 4.79 Å². The number of aliphatic imine (C=N–C) groups is 1. The third-order valence-corrected chi connectivity index (χ3v) is 6.77. The van der Waals surface area contributed by atoms with Crippen LogP contribution in [0.1, 0.15) is 30.0 Å². The van der Waals surface area contributed by atoms with Gasteiger partial charge in [-0.3, -0.25) is 15.2 Å². The van der Waals surface area contributed by atoms with Crippen LogP contribution in [0, 0.1) is 0 Å². The van der Waals surface area contributed by atoms with Gasteiger partial charge >= 0.3 is 0 Å². The Morgan fingerprint density at radius 1 is 0.971 bits per heavy atom. The largest absolute Gasteiger partial charge is 0.497 e. The van der Waals surface area contributed by atoms with Gasteiger partial charge in [0.2, 0.25) is 5.91 Å². The molecule has 4 rings (SSSR count). The van der Waals surface area contributed by atoms with E-state index in [1.54, 1.807) is 18.9 Å². The first-order chi connectivity index (χ1) is 17.1. The molecular formula is C29H29N3O2S. The summed E-state index contributed by atoms with van der Waals surface area (Å²) >= 11 is 1.68. The smallest absolute Gasteiger partial charge is 0.237 e. The number of hydrogen-bond acceptors (Lipinski definition) is 5. The zero-order valence-electron chi connectivity index (χ0n) is 20.0. The number of hydrogen-bond donors (Lipinski definition) is 2. The van der Waals surface area contributed by atoms with Crippen molar-refractivity contribution in [2.75, 3.05) is 7.11 Å². The number of rotatable bonds is 9. The molecule has 0 saturated heterocycles. The number of amides is 1. The highest BCUT2D eigenvalue weighted by Gasteiger charge is 2.17. The molecule has 0 fully saturated rings. The quantitative estimate of drug-likeness (QED) is 0.376. The first kappa shape index (κ1) is 24.5. The Labute approximate surface area is 211 Å². The molecule has 0 saturated carbocycles. The highest BCUT2D eigenvalue weighted by molar-refractivity contribution is 8.03. The van der Waals surface area contributed by atoms with E-state index in [0.29, 0.717) is 6.54 Å². The Bertz CT molecular complexity index is 1250. The Morgan fingerprint density at radius 3 is 2.49 bits per heavy atom. The molecule has 1 aliphatic heterocycles. The zero-order chi connectivity index (χ0) is 24.5. The lowest BCUT2D eigenvalue weighted by molar-refractivity contribution is -0.121. The molecule has 0 bridgehead atoms. The maximum Gasteiger partial charge on any atom is 0.237 e. The van der Waals surface area contributed by atoms with Crippen LogP contribution < -0.4 is 15.6 Å². The van der Waals surface area contributed by atoms with E-state index >= 15 is 0 Å². The van der Waals surface area contributed by atoms with E-state index in [1.165, 1.54) is 5.56 Å². The Balaban J connectivity index is 1.43. The molecule has 0 aromatic heterocycles. The number of fused-ring (bicyclic) bond motifs is 1. The zero-order valence-corrected chi connectivity index (χ0v) is 20.8. The molecule has 1 aliphatic rings. The van der Waals surface area contributed by atoms with Crippen LogP contribution in [0.3, 0.4) is 0 Å². The standard InChI is InChI=1S/C29H29N3O2S/c1-21-27(13-8-14-29(33)32-30-20-23-9-4-3-5-10-23)35-28-12-7-6-11-25(28)26(31-21)19-22-15-17-24(34-2)18-16-22/h3-13,15-18,30H,14,19-20H2,1-2H3,(H,32,33)/b13-8-. The van der Waals surface area contributed by atoms with Crippen molar-refractivity contribution in [1.82, 2.24) is 10.9 Å². The molecule has 178 valence electrons. The molecule has 2 N–H and O–H groups in total. The van der Waals surface area contributed by atoms with Gasteiger partial charge in [0.15, 0.2) is 0 Å². The molecule has 0 radical (unpaired) electrons. The maximum absolute atomic E-state index is 12.2. The first-order valence-electron chi connectivity index (χ1n) is 11.5. The normalized spacial score (nSPS) is 13.3. The fourth-order valence-electron chi connectivity index (χ4n) is 3.69. The Hall–Kier alpha value is -3.61. The van der Waals surface area contributed by atoms with Crippen molar-refractivity contribution in [1.29, 1.82) is 0 Å². The molecule has 0 atom stereocenters. The lowest BCUT2D eigenvalue weighted by Gasteiger charge is -2.10. The molecule has 0 aliphatic carbocycles. The van der Waals surface area contributed by atoms with Gasteiger partial charge in [-0.15, -0.1) is 0 Å². The summed E-state index contributed by atoms with van der Waals surface area (Å²) < 4.78 is 5.28. The van der Waals surface area contributed by atoms with Gasteiger partial charge in [0, 0.05) is 34.8 Å². The number of benzene rings is 3. The van der Waals surface area contributed by atoms with Crippen molar-refractivity contribution in [2.45, 2.75) is 31.2 Å². The summed E-state index contributed by atoms with van der Waals surface area (Å²) in [5, 5.41) is 0. The summed E-state index contributed by atoms with van der Waals surface area (Å²) in [5.74, 6) is 0.758. The van der Waals surface area contributed by atoms with Gasteiger partial charge < -0.3 is 4.74 Å². The molecular weight excluding hydrogens is 454 g/mol. The van der Waals surface area contributed by atoms with E-state index in [0.717, 1.165) is 44.5 Å². The van der Waals surface area contributed by atoms with E-state index in [4.69, 9.17) is 9.73 Å². The second-order valence-corrected chi connectivity index (χ2v) is 9.21. The first-order valence-corrected chi connectivity index (χ1v) is 12.3. The summed E-state index contributed by atoms with van der Waals surface area (Å²) in [5.41, 5.74) is 11.1. The summed E-state index contributed by atoms with van der Waals surface area (Å²) in [6.07, 6.45) is 4.89. The molecule has 35 heavy (non-hydrogen) atoms. The minimum Gasteiger partial charge on any atom is -0.497 e. The molecule has 5 nitrogen and oxygen atoms in total. The van der Waals surface area contributed by atoms with E-state index < -0.39 is 0 Å². The van der Waals surface area contributed by atoms with Crippen LogP contribution in [-0.4, -0.2) is 18.7 Å². The fraction of sp³-hybridized carbons (Fsp3) is 0.172. The van der Waals surface area contributed by atoms with Crippen molar-refractivity contribution in [3.05, 3.63) is 118 Å². The molecule has 3 aromatic rings. The molecule has 3 aromatic carbocycles. The van der Waals surface area contributed by atoms with Crippen LogP contribution in [-0.2, 0) is 17.8 Å². The van der Waals surface area contributed by atoms with Gasteiger partial charge in [-0.05, 0) is 42.3 Å². The van der Waals surface area contributed by atoms with Crippen LogP contribution in [0.25, 0.3) is 0 Å². The highest BCUT2D eigenvalue weighted by atomic mass is 32.2. The fourth-order valence-corrected chi connectivity index (χ4v) is 4.73. The predicted octanol–water partition coefficient (Wildman–Crippen LogP) is 5.83. The number of nitrogens with zero attached hydrogens (tertiary/aromatic N) is 1. The maximum atomic E-state index is 12.2. The minimum atomic E-state index is -0.0850. The average Bonchev–Trinajstić information content (AvgIpc) is 3.01. The number of carbonyl (C=O) groups excluding carboxylic acids is 1. The SMILES string of the molecule is COc1ccc(CC2=NC(C)=C(/C=C\CC(=O)NNCc3ccccc3)Sc3ccccc32)cc1. The van der Waals surface area contributed by atoms with Gasteiger partial charge in [0.1, 0.15) is 5.75 Å². The number of allylic oxidation sites excluding steroid dienone is 2. The number of thioether (sulfide) groups is 1. The van der Waals surface area contributed by atoms with Gasteiger partial charge in [-0.1, -0.05) is 78.5 Å². The van der Waals surface area contributed by atoms with Crippen molar-refractivity contribution in [2.24, 2.45) is 4.99 Å². The lowest BCUT2D eigenvalue weighted by Crippen LogP contribution is -2.36. The third kappa shape index (κ3) is 6.94. The topological polar surface area (TPSA) is 62.7 Å². The third-order valence-electron chi connectivity index (χ3n) is 5.54. The molecule has 0 unspecified atom stereocenters. The lowest BCUT2D eigenvalue weighted by atomic mass is 10.0. The number of methoxy groups -OCH3 is 1. The Kier molecular flexibility index (Phi) is 8.54. The highest BCUT2D eigenvalue weighted by Crippen LogP contribution is 2.36. The van der Waals surface area contributed by atoms with Crippen LogP contribution in [0.15, 0.2) is 112 Å². The van der Waals surface area contributed by atoms with Gasteiger partial charge in [-0.25, -0.2) is 5.43 Å². The summed E-state index contributed by atoms with van der Waals surface area (Å²) in [6.45, 7) is 2.60. The van der Waals surface area contributed by atoms with Crippen LogP contribution in [0.2, 0.25) is 0 Å². The number of nitrogens with one attached hydrogen (secondary N) is 2. The molecule has 0 spiro atoms. The van der Waals surface area contributed by atoms with Gasteiger partial charge in [0.05, 0.1) is 18.5 Å². The van der Waals surface area contributed by atoms with E-state index in [2.05, 4.69) is 35.1 Å². The molecule has 1 amide bonds. The van der Waals surface area contributed by atoms with Crippen molar-refractivity contribution >= 4 is 23.4 Å². The van der Waals surface area contributed by atoms with E-state index in [-0.39, 0.29) is 12.3 Å². The number of hydrazine groups is 1. The van der Waals surface area contributed by atoms with Crippen molar-refractivity contribution in [3.8, 4) is 5.75 Å². The van der Waals surface area contributed by atoms with E-state index in [1.807, 2.05) is 73.7 Å². The van der Waals surface area contributed by atoms with Crippen molar-refractivity contribution < 1.29 is 9.53 Å². The monoisotopic (exact) mass is 483 g/mol. The van der Waals surface area contributed by atoms with Crippen LogP contribution in [0.4, 0.5) is 0 Å². The van der Waals surface area contributed by atoms with Gasteiger partial charge in [0.25, 0.3) is 0 Å². The second kappa shape index (κ2) is 12.2. The predicted molar refractivity (Wildman–Crippen MR) is 143 cm³/mol. The number of carbonyl (C=O) groups is 1. The van der Waals surface area contributed by atoms with Crippen LogP contribution in [0.5, 0.6) is 5.75 Å².